The van der Waals surface area contributed by atoms with E-state index in [1.807, 2.05) is 0 Å². The Morgan fingerprint density at radius 1 is 1.50 bits per heavy atom. The molecule has 0 aliphatic heterocycles. The Bertz CT molecular complexity index is 65.7. The average Bonchev–Trinajstić information content (AvgIpc) is 1.89. The van der Waals surface area contributed by atoms with Crippen LogP contribution >= 0.6 is 15.9 Å². The zero-order chi connectivity index (χ0) is 7.98. The van der Waals surface area contributed by atoms with Crippen molar-refractivity contribution in [1.29, 1.82) is 0 Å². The van der Waals surface area contributed by atoms with Crippen molar-refractivity contribution in [3.63, 3.8) is 0 Å². The van der Waals surface area contributed by atoms with Crippen molar-refractivity contribution < 1.29 is 4.74 Å². The Kier molecular flexibility index (Phi) is 6.44. The fourth-order valence-electron chi connectivity index (χ4n) is 0.928. The molecule has 0 saturated heterocycles. The quantitative estimate of drug-likeness (QED) is 0.632. The predicted molar refractivity (Wildman–Crippen MR) is 48.7 cm³/mol. The van der Waals surface area contributed by atoms with Gasteiger partial charge in [0.25, 0.3) is 0 Å². The van der Waals surface area contributed by atoms with Gasteiger partial charge in [-0.1, -0.05) is 36.2 Å². The summed E-state index contributed by atoms with van der Waals surface area (Å²) in [5, 5.41) is 0. The second-order valence-electron chi connectivity index (χ2n) is 2.74. The molecule has 0 spiro atoms. The number of methoxy groups -OCH3 is 1. The molecule has 2 unspecified atom stereocenters. The molecule has 0 aromatic rings. The Balaban J connectivity index is 3.38. The number of halogens is 1. The van der Waals surface area contributed by atoms with Crippen LogP contribution in [0, 0.1) is 5.92 Å². The largest absolute Gasteiger partial charge is 0.384 e. The van der Waals surface area contributed by atoms with E-state index in [1.54, 1.807) is 7.11 Å². The van der Waals surface area contributed by atoms with Crippen molar-refractivity contribution in [3.8, 4) is 0 Å². The number of hydrogen-bond acceptors (Lipinski definition) is 1. The maximum atomic E-state index is 5.04. The smallest absolute Gasteiger partial charge is 0.0498 e. The van der Waals surface area contributed by atoms with E-state index in [2.05, 4.69) is 29.8 Å². The number of ether oxygens (including phenoxy) is 1. The van der Waals surface area contributed by atoms with Crippen LogP contribution in [0.5, 0.6) is 0 Å². The van der Waals surface area contributed by atoms with E-state index in [-0.39, 0.29) is 0 Å². The molecule has 0 aromatic heterocycles. The second-order valence-corrected chi connectivity index (χ2v) is 3.91. The molecular weight excluding hydrogens is 192 g/mol. The van der Waals surface area contributed by atoms with Gasteiger partial charge in [0.15, 0.2) is 0 Å². The molecular formula is C8H17BrO. The van der Waals surface area contributed by atoms with Gasteiger partial charge in [0, 0.05) is 18.5 Å². The predicted octanol–water partition coefficient (Wildman–Crippen LogP) is 2.83. The van der Waals surface area contributed by atoms with Crippen LogP contribution in [-0.2, 0) is 4.74 Å². The Hall–Kier alpha value is 0.440. The molecule has 0 aliphatic rings. The maximum Gasteiger partial charge on any atom is 0.0498 e. The summed E-state index contributed by atoms with van der Waals surface area (Å²) in [6.45, 7) is 5.27. The maximum absolute atomic E-state index is 5.04. The summed E-state index contributed by atoms with van der Waals surface area (Å²) < 4.78 is 5.04. The van der Waals surface area contributed by atoms with Crippen molar-refractivity contribution in [3.05, 3.63) is 0 Å². The van der Waals surface area contributed by atoms with Gasteiger partial charge >= 0.3 is 0 Å². The van der Waals surface area contributed by atoms with Crippen LogP contribution in [0.25, 0.3) is 0 Å². The lowest BCUT2D eigenvalue weighted by Crippen LogP contribution is -2.15. The van der Waals surface area contributed by atoms with Gasteiger partial charge in [0.2, 0.25) is 0 Å². The first-order valence-corrected chi connectivity index (χ1v) is 4.77. The fourth-order valence-corrected chi connectivity index (χ4v) is 1.54. The first-order chi connectivity index (χ1) is 4.72. The second kappa shape index (κ2) is 6.17. The van der Waals surface area contributed by atoms with Gasteiger partial charge in [-0.2, -0.15) is 0 Å². The van der Waals surface area contributed by atoms with E-state index >= 15 is 0 Å². The number of alkyl halides is 1. The average molecular weight is 209 g/mol. The minimum absolute atomic E-state index is 0.623. The SMILES string of the molecule is CCCC(Br)C(C)COC. The van der Waals surface area contributed by atoms with E-state index in [4.69, 9.17) is 4.74 Å². The van der Waals surface area contributed by atoms with Gasteiger partial charge < -0.3 is 4.74 Å². The monoisotopic (exact) mass is 208 g/mol. The Morgan fingerprint density at radius 2 is 2.10 bits per heavy atom. The first-order valence-electron chi connectivity index (χ1n) is 3.85. The molecule has 0 bridgehead atoms. The normalized spacial score (nSPS) is 16.8. The summed E-state index contributed by atoms with van der Waals surface area (Å²) in [7, 11) is 1.75. The summed E-state index contributed by atoms with van der Waals surface area (Å²) in [6, 6.07) is 0. The van der Waals surface area contributed by atoms with Gasteiger partial charge in [-0.15, -0.1) is 0 Å². The molecule has 2 heteroatoms. The highest BCUT2D eigenvalue weighted by molar-refractivity contribution is 9.09. The van der Waals surface area contributed by atoms with Crippen LogP contribution in [0.15, 0.2) is 0 Å². The van der Waals surface area contributed by atoms with E-state index in [0.29, 0.717) is 10.7 Å². The van der Waals surface area contributed by atoms with Crippen LogP contribution in [-0.4, -0.2) is 18.5 Å². The number of hydrogen-bond donors (Lipinski definition) is 0. The highest BCUT2D eigenvalue weighted by Crippen LogP contribution is 2.17. The Labute approximate surface area is 72.3 Å². The third kappa shape index (κ3) is 4.29. The molecule has 0 radical (unpaired) electrons. The molecule has 1 nitrogen and oxygen atoms in total. The topological polar surface area (TPSA) is 9.23 Å². The molecule has 62 valence electrons. The van der Waals surface area contributed by atoms with Crippen molar-refractivity contribution in [1.82, 2.24) is 0 Å². The summed E-state index contributed by atoms with van der Waals surface area (Å²) >= 11 is 3.62. The first kappa shape index (κ1) is 10.4. The highest BCUT2D eigenvalue weighted by atomic mass is 79.9. The molecule has 0 aliphatic carbocycles. The molecule has 0 amide bonds. The molecule has 0 fully saturated rings. The lowest BCUT2D eigenvalue weighted by molar-refractivity contribution is 0.158. The standard InChI is InChI=1S/C8H17BrO/c1-4-5-8(9)7(2)6-10-3/h7-8H,4-6H2,1-3H3. The lowest BCUT2D eigenvalue weighted by Gasteiger charge is -2.15. The van der Waals surface area contributed by atoms with Gasteiger partial charge in [-0.3, -0.25) is 0 Å². The van der Waals surface area contributed by atoms with E-state index in [1.165, 1.54) is 12.8 Å². The van der Waals surface area contributed by atoms with E-state index in [9.17, 15) is 0 Å². The minimum atomic E-state index is 0.623. The third-order valence-corrected chi connectivity index (χ3v) is 2.97. The summed E-state index contributed by atoms with van der Waals surface area (Å²) in [6.07, 6.45) is 2.48. The molecule has 2 atom stereocenters. The summed E-state index contributed by atoms with van der Waals surface area (Å²) in [5.74, 6) is 0.630. The lowest BCUT2D eigenvalue weighted by atomic mass is 10.1. The summed E-state index contributed by atoms with van der Waals surface area (Å²) in [4.78, 5) is 0.623. The molecule has 0 heterocycles. The molecule has 0 rings (SSSR count). The zero-order valence-electron chi connectivity index (χ0n) is 7.06. The summed E-state index contributed by atoms with van der Waals surface area (Å²) in [5.41, 5.74) is 0. The van der Waals surface area contributed by atoms with E-state index < -0.39 is 0 Å². The van der Waals surface area contributed by atoms with Gasteiger partial charge in [0.05, 0.1) is 0 Å². The van der Waals surface area contributed by atoms with Gasteiger partial charge in [0.1, 0.15) is 0 Å². The minimum Gasteiger partial charge on any atom is -0.384 e. The van der Waals surface area contributed by atoms with Crippen molar-refractivity contribution in [2.24, 2.45) is 5.92 Å². The third-order valence-electron chi connectivity index (χ3n) is 1.61. The van der Waals surface area contributed by atoms with Crippen LogP contribution < -0.4 is 0 Å². The van der Waals surface area contributed by atoms with Crippen molar-refractivity contribution in [2.45, 2.75) is 31.5 Å². The molecule has 0 saturated carbocycles. The van der Waals surface area contributed by atoms with Crippen molar-refractivity contribution >= 4 is 15.9 Å². The van der Waals surface area contributed by atoms with Crippen LogP contribution in [0.3, 0.4) is 0 Å². The van der Waals surface area contributed by atoms with E-state index in [0.717, 1.165) is 6.61 Å². The van der Waals surface area contributed by atoms with Crippen LogP contribution in [0.2, 0.25) is 0 Å². The zero-order valence-corrected chi connectivity index (χ0v) is 8.65. The van der Waals surface area contributed by atoms with Crippen LogP contribution in [0.1, 0.15) is 26.7 Å². The van der Waals surface area contributed by atoms with Crippen molar-refractivity contribution in [2.75, 3.05) is 13.7 Å². The van der Waals surface area contributed by atoms with Gasteiger partial charge in [-0.25, -0.2) is 0 Å². The Morgan fingerprint density at radius 3 is 2.50 bits per heavy atom. The molecule has 0 N–H and O–H groups in total. The molecule has 10 heavy (non-hydrogen) atoms. The van der Waals surface area contributed by atoms with Crippen LogP contribution in [0.4, 0.5) is 0 Å². The van der Waals surface area contributed by atoms with Gasteiger partial charge in [-0.05, 0) is 12.3 Å². The number of rotatable bonds is 5. The molecule has 0 aromatic carbocycles. The highest BCUT2D eigenvalue weighted by Gasteiger charge is 2.11. The fraction of sp³-hybridized carbons (Fsp3) is 1.00.